The first-order chi connectivity index (χ1) is 16.1. The summed E-state index contributed by atoms with van der Waals surface area (Å²) in [5.74, 6) is -1.51. The molecule has 0 fully saturated rings. The van der Waals surface area contributed by atoms with Crippen molar-refractivity contribution in [2.24, 2.45) is 5.41 Å². The van der Waals surface area contributed by atoms with Crippen molar-refractivity contribution in [3.05, 3.63) is 75.5 Å². The number of carbonyl (C=O) groups is 2. The van der Waals surface area contributed by atoms with Crippen LogP contribution < -0.4 is 11.0 Å². The van der Waals surface area contributed by atoms with E-state index in [-0.39, 0.29) is 24.2 Å². The van der Waals surface area contributed by atoms with Gasteiger partial charge in [-0.2, -0.15) is 10.6 Å². The predicted molar refractivity (Wildman–Crippen MR) is 127 cm³/mol. The van der Waals surface area contributed by atoms with Crippen LogP contribution in [-0.2, 0) is 16.1 Å². The Bertz CT molecular complexity index is 1250. The number of nitrogens with zero attached hydrogens (tertiary/aromatic N) is 2. The lowest BCUT2D eigenvalue weighted by Gasteiger charge is -2.22. The molecule has 0 atom stereocenters. The normalized spacial score (nSPS) is 11.4. The van der Waals surface area contributed by atoms with Gasteiger partial charge in [-0.3, -0.25) is 9.59 Å². The van der Waals surface area contributed by atoms with E-state index in [1.54, 1.807) is 52.0 Å². The average Bonchev–Trinajstić information content (AvgIpc) is 2.81. The van der Waals surface area contributed by atoms with Crippen LogP contribution in [0.3, 0.4) is 0 Å². The highest BCUT2D eigenvalue weighted by atomic mass is 19.1. The van der Waals surface area contributed by atoms with Crippen molar-refractivity contribution in [1.82, 2.24) is 20.6 Å². The summed E-state index contributed by atoms with van der Waals surface area (Å²) in [5, 5.41) is 7.86. The van der Waals surface area contributed by atoms with Gasteiger partial charge in [-0.25, -0.2) is 14.3 Å². The lowest BCUT2D eigenvalue weighted by atomic mass is 9.98. The van der Waals surface area contributed by atoms with Crippen LogP contribution in [0.4, 0.5) is 4.39 Å². The minimum Gasteiger partial charge on any atom is -0.370 e. The second-order valence-corrected chi connectivity index (χ2v) is 8.95. The number of benzene rings is 2. The number of rotatable bonds is 8. The Balaban J connectivity index is 1.74. The smallest absolute Gasteiger partial charge is 0.329 e. The van der Waals surface area contributed by atoms with Crippen LogP contribution >= 0.6 is 0 Å². The maximum Gasteiger partial charge on any atom is 0.329 e. The lowest BCUT2D eigenvalue weighted by Crippen LogP contribution is -2.39. The van der Waals surface area contributed by atoms with Crippen LogP contribution in [0, 0.1) is 11.2 Å². The van der Waals surface area contributed by atoms with E-state index >= 15 is 0 Å². The first-order valence-corrected chi connectivity index (χ1v) is 11.1. The summed E-state index contributed by atoms with van der Waals surface area (Å²) in [6, 6.07) is 11.5. The van der Waals surface area contributed by atoms with Crippen molar-refractivity contribution < 1.29 is 18.8 Å². The van der Waals surface area contributed by atoms with Gasteiger partial charge in [0.25, 0.3) is 11.5 Å². The quantitative estimate of drug-likeness (QED) is 0.389. The molecule has 0 aliphatic carbocycles. The standard InChI is InChI=1S/C25H29FN4O4/c1-5-30(13-12-27-34-24(33)25(2,3)4)23(32)19-14-16(10-11-20(19)26)15-21-17-8-6-7-9-18(17)22(31)29-28-21/h6-11,14,27H,5,12-13,15H2,1-4H3,(H,29,31). The summed E-state index contributed by atoms with van der Waals surface area (Å²) in [6.45, 7) is 7.78. The van der Waals surface area contributed by atoms with Crippen molar-refractivity contribution in [3.8, 4) is 0 Å². The van der Waals surface area contributed by atoms with Gasteiger partial charge in [0.05, 0.1) is 22.1 Å². The molecule has 0 saturated heterocycles. The monoisotopic (exact) mass is 468 g/mol. The third kappa shape index (κ3) is 5.85. The Kier molecular flexibility index (Phi) is 7.78. The zero-order chi connectivity index (χ0) is 24.9. The van der Waals surface area contributed by atoms with Crippen molar-refractivity contribution in [3.63, 3.8) is 0 Å². The number of hydroxylamine groups is 1. The highest BCUT2D eigenvalue weighted by Gasteiger charge is 2.24. The molecule has 0 aliphatic rings. The van der Waals surface area contributed by atoms with E-state index in [4.69, 9.17) is 4.84 Å². The third-order valence-corrected chi connectivity index (χ3v) is 5.34. The van der Waals surface area contributed by atoms with Crippen molar-refractivity contribution >= 4 is 22.6 Å². The van der Waals surface area contributed by atoms with Gasteiger partial charge in [0.15, 0.2) is 0 Å². The summed E-state index contributed by atoms with van der Waals surface area (Å²) < 4.78 is 14.6. The molecule has 9 heteroatoms. The van der Waals surface area contributed by atoms with Crippen LogP contribution in [0.1, 0.15) is 49.3 Å². The number of halogens is 1. The van der Waals surface area contributed by atoms with E-state index in [0.717, 1.165) is 0 Å². The second kappa shape index (κ2) is 10.6. The molecule has 1 aromatic heterocycles. The third-order valence-electron chi connectivity index (χ3n) is 5.34. The molecule has 8 nitrogen and oxygen atoms in total. The van der Waals surface area contributed by atoms with Gasteiger partial charge in [-0.05, 0) is 51.5 Å². The average molecular weight is 469 g/mol. The lowest BCUT2D eigenvalue weighted by molar-refractivity contribution is -0.160. The number of fused-ring (bicyclic) bond motifs is 1. The summed E-state index contributed by atoms with van der Waals surface area (Å²) in [7, 11) is 0. The largest absolute Gasteiger partial charge is 0.370 e. The fourth-order valence-electron chi connectivity index (χ4n) is 3.37. The highest BCUT2D eigenvalue weighted by Crippen LogP contribution is 2.19. The Morgan fingerprint density at radius 1 is 1.15 bits per heavy atom. The molecular weight excluding hydrogens is 439 g/mol. The van der Waals surface area contributed by atoms with Gasteiger partial charge in [-0.15, -0.1) is 0 Å². The van der Waals surface area contributed by atoms with Crippen LogP contribution in [0.15, 0.2) is 47.3 Å². The Morgan fingerprint density at radius 2 is 1.85 bits per heavy atom. The number of hydrogen-bond acceptors (Lipinski definition) is 6. The number of carbonyl (C=O) groups excluding carboxylic acids is 2. The number of amides is 1. The summed E-state index contributed by atoms with van der Waals surface area (Å²) >= 11 is 0. The molecular formula is C25H29FN4O4. The molecule has 0 saturated carbocycles. The zero-order valence-corrected chi connectivity index (χ0v) is 19.8. The fraction of sp³-hybridized carbons (Fsp3) is 0.360. The molecule has 0 radical (unpaired) electrons. The van der Waals surface area contributed by atoms with Gasteiger partial charge in [0, 0.05) is 31.4 Å². The number of hydrogen-bond donors (Lipinski definition) is 2. The second-order valence-electron chi connectivity index (χ2n) is 8.95. The van der Waals surface area contributed by atoms with E-state index in [9.17, 15) is 18.8 Å². The first kappa shape index (κ1) is 25.0. The van der Waals surface area contributed by atoms with Crippen molar-refractivity contribution in [2.75, 3.05) is 19.6 Å². The molecule has 34 heavy (non-hydrogen) atoms. The summed E-state index contributed by atoms with van der Waals surface area (Å²) in [4.78, 5) is 43.4. The summed E-state index contributed by atoms with van der Waals surface area (Å²) in [6.07, 6.45) is 0.314. The molecule has 0 unspecified atom stereocenters. The minimum atomic E-state index is -0.650. The van der Waals surface area contributed by atoms with Gasteiger partial charge in [0.2, 0.25) is 0 Å². The SMILES string of the molecule is CCN(CCNOC(=O)C(C)(C)C)C(=O)c1cc(Cc2n[nH]c(=O)c3ccccc23)ccc1F. The molecule has 3 aromatic rings. The molecule has 0 bridgehead atoms. The first-order valence-electron chi connectivity index (χ1n) is 11.1. The van der Waals surface area contributed by atoms with E-state index in [1.165, 1.54) is 17.0 Å². The number of H-pyrrole nitrogens is 1. The molecule has 2 aromatic carbocycles. The van der Waals surface area contributed by atoms with Crippen LogP contribution in [0.2, 0.25) is 0 Å². The van der Waals surface area contributed by atoms with Crippen LogP contribution in [0.5, 0.6) is 0 Å². The van der Waals surface area contributed by atoms with Crippen LogP contribution in [0.25, 0.3) is 10.8 Å². The van der Waals surface area contributed by atoms with Crippen LogP contribution in [-0.4, -0.2) is 46.6 Å². The predicted octanol–water partition coefficient (Wildman–Crippen LogP) is 3.21. The van der Waals surface area contributed by atoms with Gasteiger partial charge in [0.1, 0.15) is 5.82 Å². The van der Waals surface area contributed by atoms with Gasteiger partial charge < -0.3 is 9.74 Å². The van der Waals surface area contributed by atoms with E-state index < -0.39 is 23.1 Å². The zero-order valence-electron chi connectivity index (χ0n) is 19.8. The maximum absolute atomic E-state index is 14.6. The number of nitrogens with one attached hydrogen (secondary N) is 2. The number of aromatic nitrogens is 2. The number of aromatic amines is 1. The fourth-order valence-corrected chi connectivity index (χ4v) is 3.37. The van der Waals surface area contributed by atoms with Crippen molar-refractivity contribution in [1.29, 1.82) is 0 Å². The Morgan fingerprint density at radius 3 is 2.53 bits per heavy atom. The molecule has 0 aliphatic heterocycles. The highest BCUT2D eigenvalue weighted by molar-refractivity contribution is 5.94. The van der Waals surface area contributed by atoms with E-state index in [0.29, 0.717) is 35.0 Å². The topological polar surface area (TPSA) is 104 Å². The molecule has 1 amide bonds. The van der Waals surface area contributed by atoms with Gasteiger partial charge >= 0.3 is 5.97 Å². The van der Waals surface area contributed by atoms with E-state index in [1.807, 2.05) is 6.07 Å². The molecule has 2 N–H and O–H groups in total. The van der Waals surface area contributed by atoms with Gasteiger partial charge in [-0.1, -0.05) is 24.3 Å². The minimum absolute atomic E-state index is 0.0558. The van der Waals surface area contributed by atoms with Crippen molar-refractivity contribution in [2.45, 2.75) is 34.1 Å². The summed E-state index contributed by atoms with van der Waals surface area (Å²) in [5.41, 5.74) is 2.89. The molecule has 180 valence electrons. The maximum atomic E-state index is 14.6. The number of likely N-dealkylation sites (N-methyl/N-ethyl adjacent to an activating group) is 1. The molecule has 0 spiro atoms. The molecule has 3 rings (SSSR count). The Hall–Kier alpha value is -3.59. The Labute approximate surface area is 197 Å². The van der Waals surface area contributed by atoms with E-state index in [2.05, 4.69) is 15.7 Å². The molecule has 1 heterocycles.